The number of carbonyl (C=O) groups excluding carboxylic acids is 2. The fraction of sp³-hybridized carbons (Fsp3) is 0.222. The Morgan fingerprint density at radius 2 is 2.00 bits per heavy atom. The molecule has 0 radical (unpaired) electrons. The normalized spacial score (nSPS) is 10.8. The quantitative estimate of drug-likeness (QED) is 0.481. The number of fused-ring (bicyclic) bond motifs is 1. The number of furan rings is 1. The van der Waals surface area contributed by atoms with E-state index in [-0.39, 0.29) is 24.1 Å². The van der Waals surface area contributed by atoms with Crippen LogP contribution in [0.1, 0.15) is 28.3 Å². The third-order valence-electron chi connectivity index (χ3n) is 3.45. The van der Waals surface area contributed by atoms with Gasteiger partial charge in [-0.2, -0.15) is 0 Å². The van der Waals surface area contributed by atoms with Crippen LogP contribution in [0.2, 0.25) is 0 Å². The molecule has 23 heavy (non-hydrogen) atoms. The highest BCUT2D eigenvalue weighted by atomic mass is 32.1. The number of rotatable bonds is 7. The molecule has 0 aliphatic carbocycles. The molecule has 0 fully saturated rings. The van der Waals surface area contributed by atoms with E-state index in [0.717, 1.165) is 18.2 Å². The Morgan fingerprint density at radius 1 is 1.13 bits per heavy atom. The second-order valence-corrected chi connectivity index (χ2v) is 6.20. The van der Waals surface area contributed by atoms with Crippen LogP contribution < -0.4 is 0 Å². The van der Waals surface area contributed by atoms with Crippen LogP contribution in [0, 0.1) is 0 Å². The van der Waals surface area contributed by atoms with Gasteiger partial charge in [0.05, 0.1) is 0 Å². The molecule has 3 aromatic rings. The van der Waals surface area contributed by atoms with E-state index in [2.05, 4.69) is 0 Å². The predicted molar refractivity (Wildman–Crippen MR) is 88.8 cm³/mol. The predicted octanol–water partition coefficient (Wildman–Crippen LogP) is 4.24. The summed E-state index contributed by atoms with van der Waals surface area (Å²) >= 11 is 1.67. The Hall–Kier alpha value is -2.40. The molecule has 0 amide bonds. The number of aryl methyl sites for hydroxylation is 1. The van der Waals surface area contributed by atoms with E-state index in [4.69, 9.17) is 9.15 Å². The maximum atomic E-state index is 12.0. The van der Waals surface area contributed by atoms with Gasteiger partial charge in [-0.25, -0.2) is 0 Å². The Bertz CT molecular complexity index is 768. The number of para-hydroxylation sites is 1. The van der Waals surface area contributed by atoms with E-state index in [9.17, 15) is 9.59 Å². The molecule has 3 rings (SSSR count). The molecule has 2 heterocycles. The van der Waals surface area contributed by atoms with Gasteiger partial charge in [0.15, 0.2) is 12.4 Å². The average Bonchev–Trinajstić information content (AvgIpc) is 3.21. The van der Waals surface area contributed by atoms with Gasteiger partial charge >= 0.3 is 5.97 Å². The van der Waals surface area contributed by atoms with Crippen LogP contribution in [-0.4, -0.2) is 18.4 Å². The van der Waals surface area contributed by atoms with Gasteiger partial charge in [0.1, 0.15) is 5.58 Å². The van der Waals surface area contributed by atoms with Crippen molar-refractivity contribution in [3.63, 3.8) is 0 Å². The number of benzene rings is 1. The number of carbonyl (C=O) groups is 2. The maximum Gasteiger partial charge on any atom is 0.306 e. The molecule has 0 unspecified atom stereocenters. The molecule has 5 heteroatoms. The monoisotopic (exact) mass is 328 g/mol. The summed E-state index contributed by atoms with van der Waals surface area (Å²) in [6.07, 6.45) is 1.88. The van der Waals surface area contributed by atoms with Crippen LogP contribution >= 0.6 is 11.3 Å². The lowest BCUT2D eigenvalue weighted by atomic mass is 10.2. The van der Waals surface area contributed by atoms with Crippen LogP contribution in [0.25, 0.3) is 11.0 Å². The van der Waals surface area contributed by atoms with Crippen molar-refractivity contribution in [2.45, 2.75) is 19.3 Å². The highest BCUT2D eigenvalue weighted by Gasteiger charge is 2.14. The number of ether oxygens (including phenoxy) is 1. The topological polar surface area (TPSA) is 56.5 Å². The van der Waals surface area contributed by atoms with Crippen molar-refractivity contribution in [2.75, 3.05) is 6.61 Å². The number of Topliss-reactive ketones (excluding diaryl/α,β-unsaturated/α-hetero) is 1. The van der Waals surface area contributed by atoms with E-state index in [0.29, 0.717) is 12.0 Å². The molecule has 0 saturated heterocycles. The Balaban J connectivity index is 1.45. The number of hydrogen-bond acceptors (Lipinski definition) is 5. The van der Waals surface area contributed by atoms with Crippen LogP contribution in [0.15, 0.2) is 52.3 Å². The lowest BCUT2D eigenvalue weighted by Gasteiger charge is -2.02. The summed E-state index contributed by atoms with van der Waals surface area (Å²) < 4.78 is 10.5. The first-order valence-electron chi connectivity index (χ1n) is 7.42. The third-order valence-corrected chi connectivity index (χ3v) is 4.38. The van der Waals surface area contributed by atoms with Crippen molar-refractivity contribution in [3.05, 3.63) is 58.5 Å². The summed E-state index contributed by atoms with van der Waals surface area (Å²) in [7, 11) is 0. The Morgan fingerprint density at radius 3 is 2.78 bits per heavy atom. The molecule has 118 valence electrons. The number of ketones is 1. The van der Waals surface area contributed by atoms with E-state index in [1.165, 1.54) is 4.88 Å². The van der Waals surface area contributed by atoms with Gasteiger partial charge in [0.25, 0.3) is 0 Å². The summed E-state index contributed by atoms with van der Waals surface area (Å²) in [5.41, 5.74) is 0.651. The minimum absolute atomic E-state index is 0.220. The minimum atomic E-state index is -0.356. The molecule has 0 bridgehead atoms. The lowest BCUT2D eigenvalue weighted by Crippen LogP contribution is -2.13. The van der Waals surface area contributed by atoms with Crippen molar-refractivity contribution in [3.8, 4) is 0 Å². The van der Waals surface area contributed by atoms with Gasteiger partial charge in [-0.05, 0) is 36.4 Å². The molecular weight excluding hydrogens is 312 g/mol. The van der Waals surface area contributed by atoms with Gasteiger partial charge < -0.3 is 9.15 Å². The fourth-order valence-electron chi connectivity index (χ4n) is 2.27. The first-order valence-corrected chi connectivity index (χ1v) is 8.30. The van der Waals surface area contributed by atoms with E-state index in [1.54, 1.807) is 23.5 Å². The first-order chi connectivity index (χ1) is 11.2. The molecule has 0 atom stereocenters. The Labute approximate surface area is 137 Å². The third kappa shape index (κ3) is 4.07. The minimum Gasteiger partial charge on any atom is -0.457 e. The van der Waals surface area contributed by atoms with Gasteiger partial charge in [0.2, 0.25) is 5.78 Å². The summed E-state index contributed by atoms with van der Waals surface area (Å²) in [5.74, 6) is -0.462. The van der Waals surface area contributed by atoms with E-state index >= 15 is 0 Å². The van der Waals surface area contributed by atoms with Crippen molar-refractivity contribution < 1.29 is 18.7 Å². The zero-order valence-electron chi connectivity index (χ0n) is 12.5. The zero-order valence-corrected chi connectivity index (χ0v) is 13.3. The average molecular weight is 328 g/mol. The van der Waals surface area contributed by atoms with Crippen LogP contribution in [-0.2, 0) is 16.0 Å². The van der Waals surface area contributed by atoms with Crippen molar-refractivity contribution in [1.29, 1.82) is 0 Å². The highest BCUT2D eigenvalue weighted by Crippen LogP contribution is 2.19. The fourth-order valence-corrected chi connectivity index (χ4v) is 3.02. The van der Waals surface area contributed by atoms with E-state index in [1.807, 2.05) is 35.7 Å². The highest BCUT2D eigenvalue weighted by molar-refractivity contribution is 7.09. The van der Waals surface area contributed by atoms with E-state index < -0.39 is 0 Å². The second kappa shape index (κ2) is 7.24. The molecule has 0 saturated carbocycles. The van der Waals surface area contributed by atoms with Crippen molar-refractivity contribution in [2.24, 2.45) is 0 Å². The van der Waals surface area contributed by atoms with Crippen LogP contribution in [0.3, 0.4) is 0 Å². The van der Waals surface area contributed by atoms with Crippen LogP contribution in [0.5, 0.6) is 0 Å². The molecule has 4 nitrogen and oxygen atoms in total. The lowest BCUT2D eigenvalue weighted by molar-refractivity contribution is -0.142. The maximum absolute atomic E-state index is 12.0. The molecule has 2 aromatic heterocycles. The standard InChI is InChI=1S/C18H16O4S/c19-15(17-11-13-5-1-2-8-16(13)22-17)12-21-18(20)9-3-6-14-7-4-10-23-14/h1-2,4-5,7-8,10-11H,3,6,9,12H2. The first kappa shape index (κ1) is 15.5. The van der Waals surface area contributed by atoms with Gasteiger partial charge in [-0.3, -0.25) is 9.59 Å². The molecule has 0 spiro atoms. The smallest absolute Gasteiger partial charge is 0.306 e. The number of hydrogen-bond donors (Lipinski definition) is 0. The summed E-state index contributed by atoms with van der Waals surface area (Å²) in [6, 6.07) is 13.1. The summed E-state index contributed by atoms with van der Waals surface area (Å²) in [6.45, 7) is -0.280. The summed E-state index contributed by atoms with van der Waals surface area (Å²) in [4.78, 5) is 24.9. The van der Waals surface area contributed by atoms with Crippen LogP contribution in [0.4, 0.5) is 0 Å². The zero-order chi connectivity index (χ0) is 16.1. The van der Waals surface area contributed by atoms with Crippen molar-refractivity contribution >= 4 is 34.1 Å². The summed E-state index contributed by atoms with van der Waals surface area (Å²) in [5, 5.41) is 2.87. The molecule has 0 N–H and O–H groups in total. The second-order valence-electron chi connectivity index (χ2n) is 5.17. The van der Waals surface area contributed by atoms with Crippen molar-refractivity contribution in [1.82, 2.24) is 0 Å². The molecule has 0 aliphatic heterocycles. The molecule has 1 aromatic carbocycles. The Kier molecular flexibility index (Phi) is 4.88. The molecular formula is C18H16O4S. The number of esters is 1. The SMILES string of the molecule is O=C(CCCc1cccs1)OCC(=O)c1cc2ccccc2o1. The van der Waals surface area contributed by atoms with Gasteiger partial charge in [0, 0.05) is 16.7 Å². The molecule has 0 aliphatic rings. The van der Waals surface area contributed by atoms with Gasteiger partial charge in [-0.15, -0.1) is 11.3 Å². The number of thiophene rings is 1. The van der Waals surface area contributed by atoms with Gasteiger partial charge in [-0.1, -0.05) is 24.3 Å². The largest absolute Gasteiger partial charge is 0.457 e.